The lowest BCUT2D eigenvalue weighted by molar-refractivity contribution is -0.133. The van der Waals surface area contributed by atoms with Crippen molar-refractivity contribution in [3.63, 3.8) is 0 Å². The zero-order valence-electron chi connectivity index (χ0n) is 20.8. The number of sulfone groups is 1. The van der Waals surface area contributed by atoms with E-state index in [1.807, 2.05) is 38.1 Å². The number of aromatic nitrogens is 2. The SMILES string of the molecule is CCN1CCC(Oc2cc(Oc3ccc(S(C)(=O)=O)nc3)cc(-c3ccc(C4=NC[C@H](C)O4)[nH]3)c2)C1=O. The second-order valence-corrected chi connectivity index (χ2v) is 11.0. The Kier molecular flexibility index (Phi) is 6.63. The lowest BCUT2D eigenvalue weighted by Gasteiger charge is -2.16. The molecule has 0 spiro atoms. The van der Waals surface area contributed by atoms with Crippen molar-refractivity contribution in [1.29, 1.82) is 0 Å². The third kappa shape index (κ3) is 5.46. The average Bonchev–Trinajstić information content (AvgIpc) is 3.59. The van der Waals surface area contributed by atoms with Crippen molar-refractivity contribution in [1.82, 2.24) is 14.9 Å². The summed E-state index contributed by atoms with van der Waals surface area (Å²) < 4.78 is 41.3. The number of ether oxygens (including phenoxy) is 3. The molecule has 2 aliphatic heterocycles. The van der Waals surface area contributed by atoms with E-state index in [0.717, 1.165) is 23.2 Å². The van der Waals surface area contributed by atoms with Gasteiger partial charge in [-0.2, -0.15) is 0 Å². The van der Waals surface area contributed by atoms with Crippen molar-refractivity contribution in [2.75, 3.05) is 25.9 Å². The van der Waals surface area contributed by atoms with Crippen molar-refractivity contribution in [2.45, 2.75) is 37.5 Å². The van der Waals surface area contributed by atoms with Gasteiger partial charge in [-0.05, 0) is 50.2 Å². The number of rotatable bonds is 8. The standard InChI is InChI=1S/C26H28N4O6S/c1-4-30-10-9-23(26(30)31)36-20-12-17(21-6-7-22(29-21)25-28-14-16(2)34-25)11-19(13-20)35-18-5-8-24(27-15-18)37(3,32)33/h5-8,11-13,15-16,23,29H,4,9-10,14H2,1-3H3/t16-,23?/m0/s1. The summed E-state index contributed by atoms with van der Waals surface area (Å²) in [6, 6.07) is 12.1. The van der Waals surface area contributed by atoms with Gasteiger partial charge in [-0.15, -0.1) is 0 Å². The predicted octanol–water partition coefficient (Wildman–Crippen LogP) is 3.44. The number of benzene rings is 1. The summed E-state index contributed by atoms with van der Waals surface area (Å²) in [5.74, 6) is 1.81. The molecule has 0 radical (unpaired) electrons. The molecule has 0 aliphatic carbocycles. The number of hydrogen-bond acceptors (Lipinski definition) is 8. The first kappa shape index (κ1) is 24.8. The van der Waals surface area contributed by atoms with Crippen LogP contribution in [0, 0.1) is 0 Å². The van der Waals surface area contributed by atoms with Crippen LogP contribution in [0.1, 0.15) is 26.0 Å². The lowest BCUT2D eigenvalue weighted by Crippen LogP contribution is -2.32. The molecule has 4 heterocycles. The number of aliphatic imine (C=N–C) groups is 1. The molecule has 10 nitrogen and oxygen atoms in total. The number of carbonyl (C=O) groups is 1. The topological polar surface area (TPSA) is 123 Å². The van der Waals surface area contributed by atoms with Gasteiger partial charge in [0.1, 0.15) is 29.0 Å². The van der Waals surface area contributed by atoms with Crippen molar-refractivity contribution in [3.05, 3.63) is 54.4 Å². The predicted molar refractivity (Wildman–Crippen MR) is 137 cm³/mol. The van der Waals surface area contributed by atoms with Crippen molar-refractivity contribution >= 4 is 21.6 Å². The van der Waals surface area contributed by atoms with Gasteiger partial charge in [-0.25, -0.2) is 18.4 Å². The molecular formula is C26H28N4O6S. The first-order chi connectivity index (χ1) is 17.7. The number of hydrogen-bond donors (Lipinski definition) is 1. The minimum Gasteiger partial charge on any atom is -0.480 e. The van der Waals surface area contributed by atoms with E-state index in [-0.39, 0.29) is 17.0 Å². The number of likely N-dealkylation sites (tertiary alicyclic amines) is 1. The highest BCUT2D eigenvalue weighted by atomic mass is 32.2. The Morgan fingerprint density at radius 2 is 1.89 bits per heavy atom. The molecule has 11 heteroatoms. The number of carbonyl (C=O) groups excluding carboxylic acids is 1. The molecule has 2 atom stereocenters. The van der Waals surface area contributed by atoms with Crippen molar-refractivity contribution in [2.24, 2.45) is 4.99 Å². The van der Waals surface area contributed by atoms with E-state index < -0.39 is 15.9 Å². The fraction of sp³-hybridized carbons (Fsp3) is 0.346. The van der Waals surface area contributed by atoms with Gasteiger partial charge in [0.25, 0.3) is 5.91 Å². The Bertz CT molecular complexity index is 1450. The molecule has 1 amide bonds. The number of pyridine rings is 1. The molecule has 1 aromatic carbocycles. The van der Waals surface area contributed by atoms with E-state index in [0.29, 0.717) is 49.2 Å². The maximum Gasteiger partial charge on any atom is 0.263 e. The maximum absolute atomic E-state index is 12.6. The number of amides is 1. The van der Waals surface area contributed by atoms with Crippen LogP contribution >= 0.6 is 0 Å². The van der Waals surface area contributed by atoms with Crippen LogP contribution in [0.15, 0.2) is 58.7 Å². The summed E-state index contributed by atoms with van der Waals surface area (Å²) in [6.45, 7) is 5.81. The van der Waals surface area contributed by atoms with Gasteiger partial charge in [0.15, 0.2) is 21.0 Å². The van der Waals surface area contributed by atoms with Crippen molar-refractivity contribution in [3.8, 4) is 28.5 Å². The van der Waals surface area contributed by atoms with E-state index in [2.05, 4.69) is 15.0 Å². The maximum atomic E-state index is 12.6. The molecule has 0 saturated carbocycles. The molecule has 0 bridgehead atoms. The smallest absolute Gasteiger partial charge is 0.263 e. The Morgan fingerprint density at radius 1 is 1.11 bits per heavy atom. The van der Waals surface area contributed by atoms with E-state index in [1.54, 1.807) is 17.0 Å². The summed E-state index contributed by atoms with van der Waals surface area (Å²) in [5, 5.41) is -0.0388. The van der Waals surface area contributed by atoms with Gasteiger partial charge in [0.2, 0.25) is 5.90 Å². The fourth-order valence-corrected chi connectivity index (χ4v) is 4.81. The van der Waals surface area contributed by atoms with E-state index in [4.69, 9.17) is 14.2 Å². The number of H-pyrrole nitrogens is 1. The highest BCUT2D eigenvalue weighted by Crippen LogP contribution is 2.34. The second-order valence-electron chi connectivity index (χ2n) is 9.07. The quantitative estimate of drug-likeness (QED) is 0.479. The average molecular weight is 525 g/mol. The molecule has 3 aromatic rings. The number of likely N-dealkylation sites (N-methyl/N-ethyl adjacent to an activating group) is 1. The normalized spacial score (nSPS) is 19.6. The largest absolute Gasteiger partial charge is 0.480 e. The summed E-state index contributed by atoms with van der Waals surface area (Å²) in [5.41, 5.74) is 2.32. The second kappa shape index (κ2) is 9.89. The van der Waals surface area contributed by atoms with Crippen LogP contribution in [0.25, 0.3) is 11.3 Å². The number of nitrogens with one attached hydrogen (secondary N) is 1. The Hall–Kier alpha value is -3.86. The number of aromatic amines is 1. The van der Waals surface area contributed by atoms with E-state index in [1.165, 1.54) is 12.3 Å². The highest BCUT2D eigenvalue weighted by Gasteiger charge is 2.32. The molecule has 1 fully saturated rings. The third-order valence-electron chi connectivity index (χ3n) is 6.15. The van der Waals surface area contributed by atoms with Gasteiger partial charge < -0.3 is 24.1 Å². The van der Waals surface area contributed by atoms with Gasteiger partial charge in [-0.3, -0.25) is 4.79 Å². The minimum atomic E-state index is -3.42. The van der Waals surface area contributed by atoms with Gasteiger partial charge >= 0.3 is 0 Å². The van der Waals surface area contributed by atoms with Gasteiger partial charge in [0.05, 0.1) is 12.7 Å². The van der Waals surface area contributed by atoms with Crippen LogP contribution in [0.3, 0.4) is 0 Å². The minimum absolute atomic E-state index is 0.0350. The van der Waals surface area contributed by atoms with Gasteiger partial charge in [0, 0.05) is 43.1 Å². The molecule has 1 unspecified atom stereocenters. The lowest BCUT2D eigenvalue weighted by atomic mass is 10.1. The van der Waals surface area contributed by atoms with Crippen LogP contribution in [0.4, 0.5) is 0 Å². The van der Waals surface area contributed by atoms with E-state index >= 15 is 0 Å². The van der Waals surface area contributed by atoms with Crippen LogP contribution in [0.2, 0.25) is 0 Å². The zero-order chi connectivity index (χ0) is 26.2. The summed E-state index contributed by atoms with van der Waals surface area (Å²) in [4.78, 5) is 26.1. The Labute approximate surface area is 215 Å². The first-order valence-electron chi connectivity index (χ1n) is 12.0. The molecule has 194 valence electrons. The fourth-order valence-electron chi connectivity index (χ4n) is 4.25. The molecule has 2 aliphatic rings. The van der Waals surface area contributed by atoms with E-state index in [9.17, 15) is 13.2 Å². The number of nitrogens with zero attached hydrogens (tertiary/aromatic N) is 3. The van der Waals surface area contributed by atoms with Crippen LogP contribution < -0.4 is 9.47 Å². The molecule has 5 rings (SSSR count). The van der Waals surface area contributed by atoms with Crippen LogP contribution in [-0.2, 0) is 19.4 Å². The highest BCUT2D eigenvalue weighted by molar-refractivity contribution is 7.90. The Morgan fingerprint density at radius 3 is 2.54 bits per heavy atom. The summed E-state index contributed by atoms with van der Waals surface area (Å²) in [7, 11) is -3.42. The summed E-state index contributed by atoms with van der Waals surface area (Å²) >= 11 is 0. The van der Waals surface area contributed by atoms with Crippen LogP contribution in [0.5, 0.6) is 17.2 Å². The summed E-state index contributed by atoms with van der Waals surface area (Å²) in [6.07, 6.45) is 2.52. The monoisotopic (exact) mass is 524 g/mol. The molecule has 37 heavy (non-hydrogen) atoms. The van der Waals surface area contributed by atoms with Gasteiger partial charge in [-0.1, -0.05) is 0 Å². The molecule has 1 N–H and O–H groups in total. The molecular weight excluding hydrogens is 496 g/mol. The first-order valence-corrected chi connectivity index (χ1v) is 13.9. The Balaban J connectivity index is 1.45. The zero-order valence-corrected chi connectivity index (χ0v) is 21.6. The molecule has 2 aromatic heterocycles. The van der Waals surface area contributed by atoms with Crippen molar-refractivity contribution < 1.29 is 27.4 Å². The van der Waals surface area contributed by atoms with Crippen LogP contribution in [-0.4, -0.2) is 73.2 Å². The third-order valence-corrected chi connectivity index (χ3v) is 7.15. The molecule has 1 saturated heterocycles.